The van der Waals surface area contributed by atoms with Gasteiger partial charge in [-0.05, 0) is 61.7 Å². The van der Waals surface area contributed by atoms with Crippen LogP contribution in [0.25, 0.3) is 0 Å². The van der Waals surface area contributed by atoms with E-state index in [0.717, 1.165) is 44.7 Å². The summed E-state index contributed by atoms with van der Waals surface area (Å²) in [5.74, 6) is 0.596. The quantitative estimate of drug-likeness (QED) is 0.261. The van der Waals surface area contributed by atoms with Crippen molar-refractivity contribution in [3.05, 3.63) is 65.7 Å². The SMILES string of the molecule is C.C1CCOC1.CC(C)CN(CCCNC=O)Sc1ccc(CO)cc1.Cc1ccccc1. The Labute approximate surface area is 206 Å². The number of aryl methyl sites for hydroxylation is 1. The summed E-state index contributed by atoms with van der Waals surface area (Å²) < 4.78 is 7.27. The minimum atomic E-state index is 0. The Morgan fingerprint density at radius 2 is 1.73 bits per heavy atom. The molecule has 0 saturated carbocycles. The van der Waals surface area contributed by atoms with Gasteiger partial charge < -0.3 is 15.2 Å². The second-order valence-electron chi connectivity index (χ2n) is 8.07. The molecule has 186 valence electrons. The molecule has 0 radical (unpaired) electrons. The lowest BCUT2D eigenvalue weighted by molar-refractivity contribution is -0.109. The molecule has 1 aliphatic rings. The van der Waals surface area contributed by atoms with E-state index in [1.165, 1.54) is 23.3 Å². The van der Waals surface area contributed by atoms with Crippen molar-refractivity contribution >= 4 is 18.4 Å². The van der Waals surface area contributed by atoms with Crippen molar-refractivity contribution in [3.63, 3.8) is 0 Å². The van der Waals surface area contributed by atoms with E-state index >= 15 is 0 Å². The van der Waals surface area contributed by atoms with Crippen LogP contribution >= 0.6 is 11.9 Å². The number of ether oxygens (including phenoxy) is 1. The molecule has 0 aliphatic carbocycles. The molecule has 6 heteroatoms. The standard InChI is InChI=1S/C15H24N2O2S.C7H8.C4H8O.CH4/c1-13(2)10-17(9-3-8-16-12-19)20-15-6-4-14(11-18)5-7-15;1-7-5-3-2-4-6-7;1-2-4-5-3-1;/h4-7,12-13,18H,3,8-11H2,1-2H3,(H,16,19);2-6H,1H3;1-4H2;1H4. The lowest BCUT2D eigenvalue weighted by atomic mass is 10.2. The molecule has 1 fully saturated rings. The van der Waals surface area contributed by atoms with Gasteiger partial charge in [-0.3, -0.25) is 4.79 Å². The first-order valence-electron chi connectivity index (χ1n) is 11.4. The first kappa shape index (κ1) is 31.1. The molecule has 0 aromatic heterocycles. The predicted molar refractivity (Wildman–Crippen MR) is 141 cm³/mol. The Morgan fingerprint density at radius 3 is 2.15 bits per heavy atom. The largest absolute Gasteiger partial charge is 0.392 e. The summed E-state index contributed by atoms with van der Waals surface area (Å²) in [7, 11) is 0. The lowest BCUT2D eigenvalue weighted by Gasteiger charge is -2.23. The molecule has 2 aromatic rings. The topological polar surface area (TPSA) is 61.8 Å². The van der Waals surface area contributed by atoms with Crippen LogP contribution in [-0.4, -0.2) is 48.7 Å². The number of carbonyl (C=O) groups excluding carboxylic acids is 1. The zero-order chi connectivity index (χ0) is 23.4. The van der Waals surface area contributed by atoms with Crippen molar-refractivity contribution in [3.8, 4) is 0 Å². The van der Waals surface area contributed by atoms with Crippen LogP contribution in [0.15, 0.2) is 59.5 Å². The normalized spacial score (nSPS) is 12.2. The van der Waals surface area contributed by atoms with Gasteiger partial charge in [-0.1, -0.05) is 69.3 Å². The number of nitrogens with zero attached hydrogens (tertiary/aromatic N) is 1. The number of carbonyl (C=O) groups is 1. The van der Waals surface area contributed by atoms with E-state index in [-0.39, 0.29) is 14.0 Å². The van der Waals surface area contributed by atoms with E-state index in [2.05, 4.69) is 42.5 Å². The minimum Gasteiger partial charge on any atom is -0.392 e. The van der Waals surface area contributed by atoms with Gasteiger partial charge in [0, 0.05) is 37.7 Å². The molecule has 0 unspecified atom stereocenters. The molecule has 0 spiro atoms. The van der Waals surface area contributed by atoms with E-state index in [1.807, 2.05) is 42.5 Å². The van der Waals surface area contributed by atoms with Gasteiger partial charge in [0.05, 0.1) is 6.61 Å². The molecule has 5 nitrogen and oxygen atoms in total. The Balaban J connectivity index is 0.000000636. The number of amides is 1. The first-order valence-corrected chi connectivity index (χ1v) is 12.2. The van der Waals surface area contributed by atoms with E-state index in [9.17, 15) is 4.79 Å². The van der Waals surface area contributed by atoms with Crippen LogP contribution in [0.1, 0.15) is 51.7 Å². The fourth-order valence-electron chi connectivity index (χ4n) is 2.85. The second kappa shape index (κ2) is 20.7. The van der Waals surface area contributed by atoms with Crippen LogP contribution in [0.4, 0.5) is 0 Å². The third-order valence-corrected chi connectivity index (χ3v) is 5.56. The maximum Gasteiger partial charge on any atom is 0.207 e. The summed E-state index contributed by atoms with van der Waals surface area (Å²) in [6.07, 6.45) is 4.24. The molecule has 0 atom stereocenters. The summed E-state index contributed by atoms with van der Waals surface area (Å²) in [6.45, 7) is 11.2. The summed E-state index contributed by atoms with van der Waals surface area (Å²) in [4.78, 5) is 11.4. The third kappa shape index (κ3) is 17.3. The molecule has 2 N–H and O–H groups in total. The van der Waals surface area contributed by atoms with Crippen molar-refractivity contribution in [1.29, 1.82) is 0 Å². The zero-order valence-corrected chi connectivity index (χ0v) is 20.7. The Kier molecular flexibility index (Phi) is 19.6. The van der Waals surface area contributed by atoms with Crippen molar-refractivity contribution < 1.29 is 14.6 Å². The number of nitrogens with one attached hydrogen (secondary N) is 1. The number of hydrogen-bond donors (Lipinski definition) is 2. The van der Waals surface area contributed by atoms with Crippen LogP contribution in [0.2, 0.25) is 0 Å². The van der Waals surface area contributed by atoms with Crippen LogP contribution in [-0.2, 0) is 16.1 Å². The minimum absolute atomic E-state index is 0. The van der Waals surface area contributed by atoms with Crippen molar-refractivity contribution in [2.45, 2.75) is 59.0 Å². The van der Waals surface area contributed by atoms with Gasteiger partial charge in [0.15, 0.2) is 0 Å². The Morgan fingerprint density at radius 1 is 1.09 bits per heavy atom. The highest BCUT2D eigenvalue weighted by Gasteiger charge is 2.09. The zero-order valence-electron chi connectivity index (χ0n) is 19.8. The molecule has 2 aromatic carbocycles. The van der Waals surface area contributed by atoms with Crippen LogP contribution < -0.4 is 5.32 Å². The smallest absolute Gasteiger partial charge is 0.207 e. The number of aliphatic hydroxyl groups excluding tert-OH is 1. The maximum atomic E-state index is 10.2. The number of rotatable bonds is 10. The molecular weight excluding hydrogens is 432 g/mol. The summed E-state index contributed by atoms with van der Waals surface area (Å²) in [5, 5.41) is 11.7. The Hall–Kier alpha value is -1.86. The van der Waals surface area contributed by atoms with Gasteiger partial charge in [0.1, 0.15) is 0 Å². The van der Waals surface area contributed by atoms with Gasteiger partial charge in [-0.15, -0.1) is 0 Å². The van der Waals surface area contributed by atoms with Gasteiger partial charge >= 0.3 is 0 Å². The highest BCUT2D eigenvalue weighted by molar-refractivity contribution is 7.97. The van der Waals surface area contributed by atoms with Crippen molar-refractivity contribution in [2.75, 3.05) is 32.8 Å². The van der Waals surface area contributed by atoms with Gasteiger partial charge in [-0.2, -0.15) is 0 Å². The second-order valence-corrected chi connectivity index (χ2v) is 9.25. The monoisotopic (exact) mass is 476 g/mol. The molecule has 1 saturated heterocycles. The van der Waals surface area contributed by atoms with Crippen LogP contribution in [0, 0.1) is 12.8 Å². The average molecular weight is 477 g/mol. The third-order valence-electron chi connectivity index (χ3n) is 4.49. The van der Waals surface area contributed by atoms with Crippen LogP contribution in [0.3, 0.4) is 0 Å². The fraction of sp³-hybridized carbons (Fsp3) is 0.519. The fourth-order valence-corrected chi connectivity index (χ4v) is 4.00. The lowest BCUT2D eigenvalue weighted by Crippen LogP contribution is -2.25. The number of benzene rings is 2. The summed E-state index contributed by atoms with van der Waals surface area (Å²) in [5.41, 5.74) is 2.25. The van der Waals surface area contributed by atoms with Gasteiger partial charge in [0.25, 0.3) is 0 Å². The molecular formula is C27H44N2O3S. The van der Waals surface area contributed by atoms with E-state index in [0.29, 0.717) is 12.5 Å². The maximum absolute atomic E-state index is 10.2. The molecule has 1 heterocycles. The molecule has 1 amide bonds. The molecule has 3 rings (SSSR count). The predicted octanol–water partition coefficient (Wildman–Crippen LogP) is 5.71. The van der Waals surface area contributed by atoms with E-state index in [1.54, 1.807) is 11.9 Å². The molecule has 33 heavy (non-hydrogen) atoms. The van der Waals surface area contributed by atoms with E-state index < -0.39 is 0 Å². The molecule has 0 bridgehead atoms. The van der Waals surface area contributed by atoms with Gasteiger partial charge in [-0.25, -0.2) is 4.31 Å². The summed E-state index contributed by atoms with van der Waals surface area (Å²) in [6, 6.07) is 18.2. The number of aliphatic hydroxyl groups is 1. The highest BCUT2D eigenvalue weighted by Crippen LogP contribution is 2.24. The van der Waals surface area contributed by atoms with Crippen molar-refractivity contribution in [1.82, 2.24) is 9.62 Å². The number of hydrogen-bond acceptors (Lipinski definition) is 5. The van der Waals surface area contributed by atoms with E-state index in [4.69, 9.17) is 9.84 Å². The Bertz CT molecular complexity index is 685. The first-order chi connectivity index (χ1) is 15.5. The summed E-state index contributed by atoms with van der Waals surface area (Å²) >= 11 is 1.73. The van der Waals surface area contributed by atoms with Gasteiger partial charge in [0.2, 0.25) is 6.41 Å². The highest BCUT2D eigenvalue weighted by atomic mass is 32.2. The molecule has 1 aliphatic heterocycles. The average Bonchev–Trinajstić information content (AvgIpc) is 3.38. The van der Waals surface area contributed by atoms with Crippen molar-refractivity contribution in [2.24, 2.45) is 5.92 Å². The van der Waals surface area contributed by atoms with Crippen LogP contribution in [0.5, 0.6) is 0 Å².